The van der Waals surface area contributed by atoms with Gasteiger partial charge in [-0.1, -0.05) is 0 Å². The van der Waals surface area contributed by atoms with Crippen LogP contribution in [0.4, 0.5) is 13.2 Å². The minimum Gasteiger partial charge on any atom is -0.462 e. The Morgan fingerprint density at radius 2 is 2.00 bits per heavy atom. The first kappa shape index (κ1) is 18.4. The molecule has 1 N–H and O–H groups in total. The highest BCUT2D eigenvalue weighted by Gasteiger charge is 2.43. The third kappa shape index (κ3) is 3.57. The number of ether oxygens (including phenoxy) is 1. The summed E-state index contributed by atoms with van der Waals surface area (Å²) in [6, 6.07) is 0. The molecular weight excluding hydrogens is 325 g/mol. The summed E-state index contributed by atoms with van der Waals surface area (Å²) >= 11 is 0. The van der Waals surface area contributed by atoms with Crippen LogP contribution in [0, 0.1) is 19.8 Å². The summed E-state index contributed by atoms with van der Waals surface area (Å²) in [6.07, 6.45) is -3.97. The van der Waals surface area contributed by atoms with E-state index in [1.54, 1.807) is 20.8 Å². The highest BCUT2D eigenvalue weighted by molar-refractivity contribution is 6.00. The molecule has 1 amide bonds. The number of hydrogen-bond acceptors (Lipinski definition) is 3. The van der Waals surface area contributed by atoms with Gasteiger partial charge >= 0.3 is 12.1 Å². The smallest absolute Gasteiger partial charge is 0.393 e. The second kappa shape index (κ2) is 6.86. The van der Waals surface area contributed by atoms with Crippen LogP contribution in [-0.4, -0.2) is 47.6 Å². The van der Waals surface area contributed by atoms with Crippen LogP contribution in [0.1, 0.15) is 51.9 Å². The zero-order valence-electron chi connectivity index (χ0n) is 13.9. The molecule has 1 atom stereocenters. The molecule has 0 aliphatic carbocycles. The Morgan fingerprint density at radius 3 is 2.58 bits per heavy atom. The van der Waals surface area contributed by atoms with E-state index in [0.717, 1.165) is 0 Å². The molecule has 1 aromatic rings. The van der Waals surface area contributed by atoms with Gasteiger partial charge in [-0.15, -0.1) is 0 Å². The molecule has 2 rings (SSSR count). The maximum atomic E-state index is 12.9. The molecule has 0 bridgehead atoms. The number of piperidine rings is 1. The molecule has 0 aromatic carbocycles. The Labute approximate surface area is 138 Å². The third-order valence-corrected chi connectivity index (χ3v) is 4.30. The van der Waals surface area contributed by atoms with Gasteiger partial charge in [0.05, 0.1) is 18.1 Å². The zero-order chi connectivity index (χ0) is 18.1. The van der Waals surface area contributed by atoms with Crippen molar-refractivity contribution in [3.63, 3.8) is 0 Å². The van der Waals surface area contributed by atoms with E-state index < -0.39 is 24.0 Å². The summed E-state index contributed by atoms with van der Waals surface area (Å²) in [5.74, 6) is -2.56. The second-order valence-corrected chi connectivity index (χ2v) is 5.98. The molecule has 0 radical (unpaired) electrons. The van der Waals surface area contributed by atoms with Gasteiger partial charge in [0.15, 0.2) is 0 Å². The molecule has 134 valence electrons. The van der Waals surface area contributed by atoms with E-state index in [1.807, 2.05) is 0 Å². The second-order valence-electron chi connectivity index (χ2n) is 5.98. The van der Waals surface area contributed by atoms with Crippen molar-refractivity contribution >= 4 is 11.9 Å². The van der Waals surface area contributed by atoms with E-state index in [4.69, 9.17) is 4.74 Å². The Morgan fingerprint density at radius 1 is 1.33 bits per heavy atom. The lowest BCUT2D eigenvalue weighted by Gasteiger charge is -2.33. The number of halogens is 3. The van der Waals surface area contributed by atoms with Gasteiger partial charge in [0.1, 0.15) is 5.69 Å². The van der Waals surface area contributed by atoms with E-state index in [0.29, 0.717) is 17.7 Å². The standard InChI is InChI=1S/C16H21F3N2O3/c1-4-24-15(23)12-9(2)13(20-10(12)3)14(22)21-7-5-6-11(8-21)16(17,18)19/h11,20H,4-8H2,1-3H3. The first-order valence-electron chi connectivity index (χ1n) is 7.89. The minimum atomic E-state index is -4.31. The fraction of sp³-hybridized carbons (Fsp3) is 0.625. The number of alkyl halides is 3. The topological polar surface area (TPSA) is 62.4 Å². The predicted molar refractivity (Wildman–Crippen MR) is 80.9 cm³/mol. The Bertz CT molecular complexity index is 637. The number of aromatic amines is 1. The van der Waals surface area contributed by atoms with Gasteiger partial charge < -0.3 is 14.6 Å². The summed E-state index contributed by atoms with van der Waals surface area (Å²) in [4.78, 5) is 28.6. The lowest BCUT2D eigenvalue weighted by atomic mass is 9.97. The van der Waals surface area contributed by atoms with Gasteiger partial charge in [-0.05, 0) is 39.2 Å². The van der Waals surface area contributed by atoms with Gasteiger partial charge in [-0.3, -0.25) is 4.79 Å². The summed E-state index contributed by atoms with van der Waals surface area (Å²) in [7, 11) is 0. The summed E-state index contributed by atoms with van der Waals surface area (Å²) in [5, 5.41) is 0. The number of aromatic nitrogens is 1. The molecule has 24 heavy (non-hydrogen) atoms. The number of carbonyl (C=O) groups is 2. The number of carbonyl (C=O) groups excluding carboxylic acids is 2. The number of esters is 1. The number of likely N-dealkylation sites (tertiary alicyclic amines) is 1. The largest absolute Gasteiger partial charge is 0.462 e. The molecule has 1 unspecified atom stereocenters. The average molecular weight is 346 g/mol. The van der Waals surface area contributed by atoms with Crippen molar-refractivity contribution in [1.82, 2.24) is 9.88 Å². The van der Waals surface area contributed by atoms with Crippen LogP contribution in [0.15, 0.2) is 0 Å². The summed E-state index contributed by atoms with van der Waals surface area (Å²) in [5.41, 5.74) is 1.30. The number of aryl methyl sites for hydroxylation is 1. The van der Waals surface area contributed by atoms with Crippen molar-refractivity contribution in [2.75, 3.05) is 19.7 Å². The number of hydrogen-bond donors (Lipinski definition) is 1. The van der Waals surface area contributed by atoms with Crippen molar-refractivity contribution in [1.29, 1.82) is 0 Å². The molecule has 1 aliphatic heterocycles. The Kier molecular flexibility index (Phi) is 5.25. The molecule has 2 heterocycles. The van der Waals surface area contributed by atoms with Gasteiger partial charge in [0.2, 0.25) is 0 Å². The van der Waals surface area contributed by atoms with Crippen molar-refractivity contribution in [3.8, 4) is 0 Å². The number of amides is 1. The van der Waals surface area contributed by atoms with Gasteiger partial charge in [0, 0.05) is 18.8 Å². The van der Waals surface area contributed by atoms with Crippen LogP contribution in [0.5, 0.6) is 0 Å². The quantitative estimate of drug-likeness (QED) is 0.855. The minimum absolute atomic E-state index is 0.0318. The highest BCUT2D eigenvalue weighted by atomic mass is 19.4. The molecule has 1 aromatic heterocycles. The maximum Gasteiger partial charge on any atom is 0.393 e. The molecule has 1 aliphatic rings. The van der Waals surface area contributed by atoms with Crippen molar-refractivity contribution in [2.24, 2.45) is 5.92 Å². The van der Waals surface area contributed by atoms with Gasteiger partial charge in [-0.2, -0.15) is 13.2 Å². The van der Waals surface area contributed by atoms with Crippen LogP contribution in [0.25, 0.3) is 0 Å². The van der Waals surface area contributed by atoms with Crippen LogP contribution in [0.3, 0.4) is 0 Å². The lowest BCUT2D eigenvalue weighted by molar-refractivity contribution is -0.184. The van der Waals surface area contributed by atoms with Crippen LogP contribution in [0.2, 0.25) is 0 Å². The average Bonchev–Trinajstić information content (AvgIpc) is 2.81. The molecule has 1 fully saturated rings. The predicted octanol–water partition coefficient (Wildman–Crippen LogP) is 3.22. The molecule has 8 heteroatoms. The van der Waals surface area contributed by atoms with Crippen molar-refractivity contribution in [3.05, 3.63) is 22.5 Å². The number of H-pyrrole nitrogens is 1. The van der Waals surface area contributed by atoms with Gasteiger partial charge in [0.25, 0.3) is 5.91 Å². The summed E-state index contributed by atoms with van der Waals surface area (Å²) in [6.45, 7) is 5.02. The molecule has 1 saturated heterocycles. The first-order valence-corrected chi connectivity index (χ1v) is 7.89. The Balaban J connectivity index is 2.24. The SMILES string of the molecule is CCOC(=O)c1c(C)[nH]c(C(=O)N2CCCC(C(F)(F)F)C2)c1C. The van der Waals surface area contributed by atoms with Crippen molar-refractivity contribution < 1.29 is 27.5 Å². The fourth-order valence-corrected chi connectivity index (χ4v) is 3.06. The van der Waals surface area contributed by atoms with E-state index >= 15 is 0 Å². The summed E-state index contributed by atoms with van der Waals surface area (Å²) < 4.78 is 43.7. The number of nitrogens with one attached hydrogen (secondary N) is 1. The zero-order valence-corrected chi connectivity index (χ0v) is 13.9. The van der Waals surface area contributed by atoms with E-state index in [-0.39, 0.29) is 37.4 Å². The van der Waals surface area contributed by atoms with Crippen LogP contribution >= 0.6 is 0 Å². The van der Waals surface area contributed by atoms with Crippen molar-refractivity contribution in [2.45, 2.75) is 39.8 Å². The molecule has 0 spiro atoms. The molecule has 5 nitrogen and oxygen atoms in total. The maximum absolute atomic E-state index is 12.9. The fourth-order valence-electron chi connectivity index (χ4n) is 3.06. The lowest BCUT2D eigenvalue weighted by Crippen LogP contribution is -2.44. The molecular formula is C16H21F3N2O3. The monoisotopic (exact) mass is 346 g/mol. The van der Waals surface area contributed by atoms with Gasteiger partial charge in [-0.25, -0.2) is 4.79 Å². The molecule has 0 saturated carbocycles. The number of rotatable bonds is 3. The first-order chi connectivity index (χ1) is 11.2. The van der Waals surface area contributed by atoms with E-state index in [9.17, 15) is 22.8 Å². The third-order valence-electron chi connectivity index (χ3n) is 4.30. The normalized spacial score (nSPS) is 18.6. The van der Waals surface area contributed by atoms with Crippen LogP contribution < -0.4 is 0 Å². The van der Waals surface area contributed by atoms with E-state index in [1.165, 1.54) is 4.90 Å². The number of nitrogens with zero attached hydrogens (tertiary/aromatic N) is 1. The Hall–Kier alpha value is -1.99. The highest BCUT2D eigenvalue weighted by Crippen LogP contribution is 2.34. The van der Waals surface area contributed by atoms with Crippen LogP contribution in [-0.2, 0) is 4.74 Å². The van der Waals surface area contributed by atoms with E-state index in [2.05, 4.69) is 4.98 Å².